The summed E-state index contributed by atoms with van der Waals surface area (Å²) in [6, 6.07) is 19.0. The number of fused-ring (bicyclic) bond motifs is 3. The van der Waals surface area contributed by atoms with E-state index in [9.17, 15) is 0 Å². The first-order valence-corrected chi connectivity index (χ1v) is 9.59. The molecule has 2 aromatic heterocycles. The third kappa shape index (κ3) is 3.25. The van der Waals surface area contributed by atoms with Crippen LogP contribution in [0.5, 0.6) is 0 Å². The van der Waals surface area contributed by atoms with Crippen molar-refractivity contribution in [3.63, 3.8) is 0 Å². The first-order chi connectivity index (χ1) is 13.0. The number of nitrogens with zero attached hydrogens (tertiary/aromatic N) is 2. The highest BCUT2D eigenvalue weighted by Crippen LogP contribution is 2.34. The van der Waals surface area contributed by atoms with Crippen molar-refractivity contribution in [1.82, 2.24) is 9.97 Å². The minimum absolute atomic E-state index is 0.439. The van der Waals surface area contributed by atoms with Gasteiger partial charge in [0.2, 0.25) is 0 Å². The highest BCUT2D eigenvalue weighted by atomic mass is 15.0. The van der Waals surface area contributed by atoms with Gasteiger partial charge in [0.05, 0.1) is 11.0 Å². The average Bonchev–Trinajstić information content (AvgIpc) is 2.67. The van der Waals surface area contributed by atoms with Gasteiger partial charge in [0.1, 0.15) is 5.82 Å². The van der Waals surface area contributed by atoms with Gasteiger partial charge in [-0.15, -0.1) is 0 Å². The summed E-state index contributed by atoms with van der Waals surface area (Å²) in [5.74, 6) is 1.74. The van der Waals surface area contributed by atoms with Crippen molar-refractivity contribution in [1.29, 1.82) is 0 Å². The Morgan fingerprint density at radius 3 is 2.00 bits per heavy atom. The van der Waals surface area contributed by atoms with Crippen molar-refractivity contribution in [2.45, 2.75) is 39.5 Å². The van der Waals surface area contributed by atoms with Gasteiger partial charge in [-0.2, -0.15) is 0 Å². The van der Waals surface area contributed by atoms with Gasteiger partial charge < -0.3 is 5.32 Å². The molecule has 4 aromatic rings. The Morgan fingerprint density at radius 1 is 0.704 bits per heavy atom. The van der Waals surface area contributed by atoms with Crippen LogP contribution >= 0.6 is 0 Å². The molecule has 0 aliphatic carbocycles. The second kappa shape index (κ2) is 6.99. The molecule has 3 nitrogen and oxygen atoms in total. The monoisotopic (exact) mass is 355 g/mol. The van der Waals surface area contributed by atoms with Crippen LogP contribution in [0.1, 0.15) is 50.7 Å². The van der Waals surface area contributed by atoms with E-state index in [2.05, 4.69) is 86.5 Å². The molecule has 0 fully saturated rings. The molecule has 0 aliphatic heterocycles. The van der Waals surface area contributed by atoms with E-state index < -0.39 is 0 Å². The van der Waals surface area contributed by atoms with Crippen molar-refractivity contribution in [3.8, 4) is 0 Å². The van der Waals surface area contributed by atoms with Crippen LogP contribution in [0.4, 0.5) is 11.5 Å². The van der Waals surface area contributed by atoms with Crippen molar-refractivity contribution < 1.29 is 0 Å². The van der Waals surface area contributed by atoms with E-state index in [-0.39, 0.29) is 0 Å². The lowest BCUT2D eigenvalue weighted by molar-refractivity contribution is 0.838. The number of benzene rings is 2. The maximum atomic E-state index is 4.93. The maximum Gasteiger partial charge on any atom is 0.131 e. The summed E-state index contributed by atoms with van der Waals surface area (Å²) in [7, 11) is 0. The van der Waals surface area contributed by atoms with Gasteiger partial charge in [0.15, 0.2) is 0 Å². The van der Waals surface area contributed by atoms with E-state index in [0.717, 1.165) is 27.6 Å². The molecule has 0 aliphatic rings. The van der Waals surface area contributed by atoms with Crippen LogP contribution in [-0.4, -0.2) is 9.97 Å². The molecule has 4 rings (SSSR count). The van der Waals surface area contributed by atoms with Crippen LogP contribution in [-0.2, 0) is 0 Å². The molecular formula is C24H25N3. The second-order valence-electron chi connectivity index (χ2n) is 7.65. The lowest BCUT2D eigenvalue weighted by Crippen LogP contribution is -2.04. The predicted molar refractivity (Wildman–Crippen MR) is 115 cm³/mol. The Morgan fingerprint density at radius 2 is 1.33 bits per heavy atom. The zero-order valence-electron chi connectivity index (χ0n) is 16.3. The van der Waals surface area contributed by atoms with Gasteiger partial charge in [-0.3, -0.25) is 4.98 Å². The molecule has 136 valence electrons. The molecule has 0 radical (unpaired) electrons. The van der Waals surface area contributed by atoms with Crippen LogP contribution in [0.15, 0.2) is 60.8 Å². The Labute approximate surface area is 160 Å². The van der Waals surface area contributed by atoms with Gasteiger partial charge >= 0.3 is 0 Å². The highest BCUT2D eigenvalue weighted by molar-refractivity contribution is 6.03. The highest BCUT2D eigenvalue weighted by Gasteiger charge is 2.14. The summed E-state index contributed by atoms with van der Waals surface area (Å²) < 4.78 is 0. The lowest BCUT2D eigenvalue weighted by Gasteiger charge is -2.20. The van der Waals surface area contributed by atoms with E-state index in [1.165, 1.54) is 16.8 Å². The Kier molecular flexibility index (Phi) is 4.53. The SMILES string of the molecule is CC(C)c1cccc(C(C)C)c1Nc1ccc2ccc3cccnc3c2n1. The van der Waals surface area contributed by atoms with E-state index in [1.54, 1.807) is 0 Å². The third-order valence-electron chi connectivity index (χ3n) is 5.06. The van der Waals surface area contributed by atoms with Gasteiger partial charge in [-0.25, -0.2) is 4.98 Å². The van der Waals surface area contributed by atoms with Crippen LogP contribution in [0.3, 0.4) is 0 Å². The van der Waals surface area contributed by atoms with Gasteiger partial charge in [-0.1, -0.05) is 64.1 Å². The normalized spacial score (nSPS) is 11.6. The van der Waals surface area contributed by atoms with Crippen molar-refractivity contribution in [2.24, 2.45) is 0 Å². The summed E-state index contributed by atoms with van der Waals surface area (Å²) in [6.07, 6.45) is 1.83. The number of anilines is 2. The van der Waals surface area contributed by atoms with Gasteiger partial charge in [0, 0.05) is 22.7 Å². The number of para-hydroxylation sites is 1. The molecule has 3 heteroatoms. The number of rotatable bonds is 4. The topological polar surface area (TPSA) is 37.8 Å². The summed E-state index contributed by atoms with van der Waals surface area (Å²) in [6.45, 7) is 8.93. The summed E-state index contributed by atoms with van der Waals surface area (Å²) in [5.41, 5.74) is 5.70. The van der Waals surface area contributed by atoms with Crippen molar-refractivity contribution >= 4 is 33.3 Å². The molecule has 0 bridgehead atoms. The Hall–Kier alpha value is -2.94. The first-order valence-electron chi connectivity index (χ1n) is 9.59. The fourth-order valence-electron chi connectivity index (χ4n) is 3.62. The first kappa shape index (κ1) is 17.5. The third-order valence-corrected chi connectivity index (χ3v) is 5.06. The maximum absolute atomic E-state index is 4.93. The molecule has 2 aromatic carbocycles. The van der Waals surface area contributed by atoms with E-state index >= 15 is 0 Å². The largest absolute Gasteiger partial charge is 0.340 e. The van der Waals surface area contributed by atoms with E-state index in [1.807, 2.05) is 12.3 Å². The lowest BCUT2D eigenvalue weighted by atomic mass is 9.92. The fourth-order valence-corrected chi connectivity index (χ4v) is 3.62. The molecule has 0 saturated heterocycles. The van der Waals surface area contributed by atoms with E-state index in [0.29, 0.717) is 11.8 Å². The Balaban J connectivity index is 1.86. The molecule has 0 saturated carbocycles. The Bertz CT molecular complexity index is 1090. The van der Waals surface area contributed by atoms with Crippen LogP contribution in [0, 0.1) is 0 Å². The van der Waals surface area contributed by atoms with Gasteiger partial charge in [0.25, 0.3) is 0 Å². The summed E-state index contributed by atoms with van der Waals surface area (Å²) in [4.78, 5) is 9.48. The van der Waals surface area contributed by atoms with Gasteiger partial charge in [-0.05, 0) is 41.2 Å². The standard InChI is InChI=1S/C24H25N3/c1-15(2)19-8-5-9-20(16(3)4)24(19)27-21-13-12-18-11-10-17-7-6-14-25-22(17)23(18)26-21/h5-16H,1-4H3,(H,26,27). The van der Waals surface area contributed by atoms with Crippen molar-refractivity contribution in [3.05, 3.63) is 71.9 Å². The number of hydrogen-bond donors (Lipinski definition) is 1. The molecule has 0 unspecified atom stereocenters. The summed E-state index contributed by atoms with van der Waals surface area (Å²) >= 11 is 0. The van der Waals surface area contributed by atoms with E-state index in [4.69, 9.17) is 4.98 Å². The molecule has 2 heterocycles. The molecular weight excluding hydrogens is 330 g/mol. The zero-order chi connectivity index (χ0) is 19.0. The van der Waals surface area contributed by atoms with Crippen molar-refractivity contribution in [2.75, 3.05) is 5.32 Å². The van der Waals surface area contributed by atoms with Crippen LogP contribution < -0.4 is 5.32 Å². The minimum atomic E-state index is 0.439. The number of nitrogens with one attached hydrogen (secondary N) is 1. The second-order valence-corrected chi connectivity index (χ2v) is 7.65. The molecule has 1 N–H and O–H groups in total. The fraction of sp³-hybridized carbons (Fsp3) is 0.250. The number of pyridine rings is 2. The smallest absolute Gasteiger partial charge is 0.131 e. The minimum Gasteiger partial charge on any atom is -0.340 e. The predicted octanol–water partition coefficient (Wildman–Crippen LogP) is 6.77. The average molecular weight is 355 g/mol. The summed E-state index contributed by atoms with van der Waals surface area (Å²) in [5, 5.41) is 5.84. The number of hydrogen-bond acceptors (Lipinski definition) is 3. The molecule has 27 heavy (non-hydrogen) atoms. The molecule has 0 spiro atoms. The quantitative estimate of drug-likeness (QED) is 0.410. The van der Waals surface area contributed by atoms with Crippen LogP contribution in [0.2, 0.25) is 0 Å². The number of aromatic nitrogens is 2. The zero-order valence-corrected chi connectivity index (χ0v) is 16.3. The molecule has 0 atom stereocenters. The molecule has 0 amide bonds. The van der Waals surface area contributed by atoms with Crippen LogP contribution in [0.25, 0.3) is 21.8 Å².